The number of benzene rings is 1. The largest absolute Gasteiger partial charge is 0.494 e. The lowest BCUT2D eigenvalue weighted by Crippen LogP contribution is -2.63. The Balaban J connectivity index is 1.86. The van der Waals surface area contributed by atoms with Crippen LogP contribution >= 0.6 is 0 Å². The molecule has 3 heterocycles. The zero-order chi connectivity index (χ0) is 35.8. The molecule has 0 radical (unpaired) electrons. The van der Waals surface area contributed by atoms with Crippen LogP contribution in [-0.4, -0.2) is 87.8 Å². The number of hydrogen-bond donors (Lipinski definition) is 1. The van der Waals surface area contributed by atoms with Gasteiger partial charge < -0.3 is 29.3 Å². The number of hydrogen-bond acceptors (Lipinski definition) is 6. The van der Waals surface area contributed by atoms with E-state index in [9.17, 15) is 14.7 Å². The Hall–Kier alpha value is -3.17. The second-order valence-corrected chi connectivity index (χ2v) is 16.1. The Morgan fingerprint density at radius 2 is 1.71 bits per heavy atom. The van der Waals surface area contributed by atoms with Crippen LogP contribution in [0.4, 0.5) is 5.69 Å². The third kappa shape index (κ3) is 6.57. The van der Waals surface area contributed by atoms with E-state index >= 15 is 4.79 Å². The van der Waals surface area contributed by atoms with Gasteiger partial charge in [0.15, 0.2) is 0 Å². The minimum atomic E-state index is -1.22. The van der Waals surface area contributed by atoms with Crippen LogP contribution in [0, 0.1) is 23.2 Å². The van der Waals surface area contributed by atoms with E-state index in [2.05, 4.69) is 47.8 Å². The fourth-order valence-electron chi connectivity index (χ4n) is 9.00. The molecule has 9 nitrogen and oxygen atoms in total. The Morgan fingerprint density at radius 1 is 1.08 bits per heavy atom. The molecule has 0 aromatic heterocycles. The summed E-state index contributed by atoms with van der Waals surface area (Å²) in [6.07, 6.45) is 5.79. The Bertz CT molecular complexity index is 1370. The van der Waals surface area contributed by atoms with E-state index < -0.39 is 40.7 Å². The first-order valence-corrected chi connectivity index (χ1v) is 17.7. The number of carbonyl (C=O) groups is 3. The summed E-state index contributed by atoms with van der Waals surface area (Å²) in [5.74, 6) is -1.89. The number of amides is 3. The number of aliphatic hydroxyl groups excluding tert-OH is 1. The van der Waals surface area contributed by atoms with E-state index in [0.717, 1.165) is 0 Å². The number of rotatable bonds is 15. The second kappa shape index (κ2) is 14.0. The van der Waals surface area contributed by atoms with Gasteiger partial charge >= 0.3 is 0 Å². The highest BCUT2D eigenvalue weighted by molar-refractivity contribution is 6.03. The maximum Gasteiger partial charge on any atom is 0.249 e. The molecule has 3 aliphatic rings. The Labute approximate surface area is 288 Å². The number of aliphatic hydroxyl groups is 1. The summed E-state index contributed by atoms with van der Waals surface area (Å²) in [7, 11) is 0. The summed E-state index contributed by atoms with van der Waals surface area (Å²) < 4.78 is 12.6. The van der Waals surface area contributed by atoms with Gasteiger partial charge in [0.25, 0.3) is 0 Å². The molecule has 3 saturated heterocycles. The van der Waals surface area contributed by atoms with E-state index in [0.29, 0.717) is 50.3 Å². The molecule has 48 heavy (non-hydrogen) atoms. The predicted octanol–water partition coefficient (Wildman–Crippen LogP) is 6.01. The fraction of sp³-hybridized carbons (Fsp3) is 0.667. The molecule has 3 aliphatic heterocycles. The fourth-order valence-corrected chi connectivity index (χ4v) is 9.00. The molecule has 0 saturated carbocycles. The van der Waals surface area contributed by atoms with Gasteiger partial charge in [-0.2, -0.15) is 0 Å². The molecule has 2 unspecified atom stereocenters. The van der Waals surface area contributed by atoms with Crippen molar-refractivity contribution in [2.24, 2.45) is 23.2 Å². The maximum absolute atomic E-state index is 15.2. The van der Waals surface area contributed by atoms with E-state index in [1.54, 1.807) is 22.0 Å². The van der Waals surface area contributed by atoms with Crippen LogP contribution in [0.1, 0.15) is 88.0 Å². The summed E-state index contributed by atoms with van der Waals surface area (Å²) in [6.45, 7) is 27.0. The van der Waals surface area contributed by atoms with E-state index in [1.165, 1.54) is 0 Å². The lowest BCUT2D eigenvalue weighted by atomic mass is 9.65. The average Bonchev–Trinajstić information content (AvgIpc) is 3.58. The van der Waals surface area contributed by atoms with Gasteiger partial charge in [-0.25, -0.2) is 0 Å². The second-order valence-electron chi connectivity index (χ2n) is 16.1. The molecule has 3 fully saturated rings. The van der Waals surface area contributed by atoms with Gasteiger partial charge in [0.1, 0.15) is 17.4 Å². The van der Waals surface area contributed by atoms with Crippen LogP contribution in [0.3, 0.4) is 0 Å². The zero-order valence-electron chi connectivity index (χ0n) is 30.8. The van der Waals surface area contributed by atoms with Crippen molar-refractivity contribution in [2.75, 3.05) is 31.2 Å². The van der Waals surface area contributed by atoms with Gasteiger partial charge in [0.05, 0.1) is 36.7 Å². The molecule has 1 N–H and O–H groups in total. The summed E-state index contributed by atoms with van der Waals surface area (Å²) >= 11 is 0. The van der Waals surface area contributed by atoms with E-state index in [-0.39, 0.29) is 42.2 Å². The summed E-state index contributed by atoms with van der Waals surface area (Å²) in [5, 5.41) is 10.8. The first kappa shape index (κ1) is 37.6. The number of nitrogens with zero attached hydrogens (tertiary/aromatic N) is 3. The monoisotopic (exact) mass is 665 g/mol. The predicted molar refractivity (Wildman–Crippen MR) is 190 cm³/mol. The molecule has 4 rings (SSSR count). The summed E-state index contributed by atoms with van der Waals surface area (Å²) in [5.41, 5.74) is -2.18. The molecular formula is C39H59N3O6. The van der Waals surface area contributed by atoms with Crippen LogP contribution in [0.15, 0.2) is 49.6 Å². The van der Waals surface area contributed by atoms with Crippen molar-refractivity contribution >= 4 is 23.4 Å². The van der Waals surface area contributed by atoms with Crippen molar-refractivity contribution in [1.82, 2.24) is 9.80 Å². The number of likely N-dealkylation sites (tertiary alicyclic amines) is 1. The first-order valence-electron chi connectivity index (χ1n) is 17.7. The van der Waals surface area contributed by atoms with E-state index in [1.807, 2.05) is 56.9 Å². The van der Waals surface area contributed by atoms with Crippen LogP contribution in [-0.2, 0) is 19.1 Å². The standard InChI is InChI=1S/C39H59N3O6/c1-12-22-40(27-16-18-28(19-17-27)47-15-4)33(44)30-31-34(45)42(29(24-43)26(5)14-3)32(39(31)21-20-38(30,11)48-39)35(46)41(23-13-2)37(9,10)25-36(6,7)8/h12-13,16-19,26,29-32,43H,1-2,14-15,20-25H2,3-11H3/t26-,29-,30-,31-,32?,38+,39?/m0/s1. The molecule has 9 heteroatoms. The molecular weight excluding hydrogens is 606 g/mol. The van der Waals surface area contributed by atoms with Gasteiger partial charge in [-0.3, -0.25) is 14.4 Å². The van der Waals surface area contributed by atoms with Crippen molar-refractivity contribution in [3.63, 3.8) is 0 Å². The van der Waals surface area contributed by atoms with Gasteiger partial charge in [-0.05, 0) is 82.6 Å². The van der Waals surface area contributed by atoms with Crippen molar-refractivity contribution in [3.8, 4) is 5.75 Å². The third-order valence-electron chi connectivity index (χ3n) is 10.9. The zero-order valence-corrected chi connectivity index (χ0v) is 30.8. The SMILES string of the molecule is C=CCN(C(=O)[C@@H]1[C@H]2C(=O)N([C@@H](CO)[C@@H](C)CC)C(C(=O)N(CC=C)C(C)(C)CC(C)(C)C)C23CC[C@@]1(C)O3)c1ccc(OCC)cc1. The number of fused-ring (bicyclic) bond motifs is 1. The molecule has 1 aromatic carbocycles. The Kier molecular flexibility index (Phi) is 11.0. The highest BCUT2D eigenvalue weighted by Crippen LogP contribution is 2.64. The summed E-state index contributed by atoms with van der Waals surface area (Å²) in [6, 6.07) is 5.70. The highest BCUT2D eigenvalue weighted by Gasteiger charge is 2.79. The molecule has 266 valence electrons. The van der Waals surface area contributed by atoms with Crippen molar-refractivity contribution in [1.29, 1.82) is 0 Å². The molecule has 0 aliphatic carbocycles. The lowest BCUT2D eigenvalue weighted by molar-refractivity contribution is -0.160. The van der Waals surface area contributed by atoms with Gasteiger partial charge in [0, 0.05) is 24.3 Å². The van der Waals surface area contributed by atoms with Gasteiger partial charge in [0.2, 0.25) is 17.7 Å². The van der Waals surface area contributed by atoms with Crippen LogP contribution in [0.2, 0.25) is 0 Å². The van der Waals surface area contributed by atoms with Crippen molar-refractivity contribution in [2.45, 2.75) is 117 Å². The Morgan fingerprint density at radius 3 is 2.23 bits per heavy atom. The minimum absolute atomic E-state index is 0.0810. The summed E-state index contributed by atoms with van der Waals surface area (Å²) in [4.78, 5) is 50.1. The minimum Gasteiger partial charge on any atom is -0.494 e. The van der Waals surface area contributed by atoms with Crippen molar-refractivity contribution < 1.29 is 29.0 Å². The average molecular weight is 666 g/mol. The van der Waals surface area contributed by atoms with Gasteiger partial charge in [-0.1, -0.05) is 53.2 Å². The molecule has 3 amide bonds. The smallest absolute Gasteiger partial charge is 0.249 e. The number of carbonyl (C=O) groups excluding carboxylic acids is 3. The molecule has 7 atom stereocenters. The van der Waals surface area contributed by atoms with Gasteiger partial charge in [-0.15, -0.1) is 13.2 Å². The van der Waals surface area contributed by atoms with Crippen LogP contribution < -0.4 is 9.64 Å². The maximum atomic E-state index is 15.2. The van der Waals surface area contributed by atoms with Crippen molar-refractivity contribution in [3.05, 3.63) is 49.6 Å². The first-order chi connectivity index (χ1) is 22.5. The third-order valence-corrected chi connectivity index (χ3v) is 10.9. The lowest BCUT2D eigenvalue weighted by Gasteiger charge is -2.47. The van der Waals surface area contributed by atoms with Crippen LogP contribution in [0.5, 0.6) is 5.75 Å². The number of anilines is 1. The highest BCUT2D eigenvalue weighted by atomic mass is 16.5. The normalized spacial score (nSPS) is 27.8. The quantitative estimate of drug-likeness (QED) is 0.231. The van der Waals surface area contributed by atoms with Crippen LogP contribution in [0.25, 0.3) is 0 Å². The number of ether oxygens (including phenoxy) is 2. The molecule has 2 bridgehead atoms. The molecule has 1 aromatic rings. The topological polar surface area (TPSA) is 99.6 Å². The molecule has 1 spiro atoms. The van der Waals surface area contributed by atoms with E-state index in [4.69, 9.17) is 9.47 Å².